The van der Waals surface area contributed by atoms with Crippen LogP contribution in [0.25, 0.3) is 0 Å². The maximum atomic E-state index is 13.5. The van der Waals surface area contributed by atoms with Crippen molar-refractivity contribution in [2.24, 2.45) is 0 Å². The van der Waals surface area contributed by atoms with E-state index < -0.39 is 11.8 Å². The van der Waals surface area contributed by atoms with Crippen molar-refractivity contribution in [1.82, 2.24) is 0 Å². The van der Waals surface area contributed by atoms with Gasteiger partial charge in [0.2, 0.25) is 5.91 Å². The number of aromatic carboxylic acids is 1. The fourth-order valence-corrected chi connectivity index (χ4v) is 1.67. The van der Waals surface area contributed by atoms with E-state index in [0.717, 1.165) is 31.7 Å². The van der Waals surface area contributed by atoms with Gasteiger partial charge >= 0.3 is 5.97 Å². The summed E-state index contributed by atoms with van der Waals surface area (Å²) in [7, 11) is 0. The number of nitrogens with one attached hydrogen (secondary N) is 1. The van der Waals surface area contributed by atoms with Gasteiger partial charge in [0.1, 0.15) is 5.82 Å². The highest BCUT2D eigenvalue weighted by molar-refractivity contribution is 5.92. The third kappa shape index (κ3) is 5.07. The standard InChI is InChI=1S/C14H18FNO3/c1-2-3-4-5-6-13(17)16-12-8-7-10(14(18)19)9-11(12)15/h7-9H,2-6H2,1H3,(H,16,17)(H,18,19). The summed E-state index contributed by atoms with van der Waals surface area (Å²) >= 11 is 0. The lowest BCUT2D eigenvalue weighted by Gasteiger charge is -2.07. The summed E-state index contributed by atoms with van der Waals surface area (Å²) in [6.07, 6.45) is 4.26. The van der Waals surface area contributed by atoms with Crippen LogP contribution in [0.2, 0.25) is 0 Å². The molecule has 104 valence electrons. The Kier molecular flexibility index (Phi) is 5.99. The monoisotopic (exact) mass is 267 g/mol. The Labute approximate surface area is 111 Å². The summed E-state index contributed by atoms with van der Waals surface area (Å²) < 4.78 is 13.5. The van der Waals surface area contributed by atoms with E-state index in [2.05, 4.69) is 12.2 Å². The number of carboxylic acid groups (broad SMARTS) is 1. The lowest BCUT2D eigenvalue weighted by molar-refractivity contribution is -0.116. The van der Waals surface area contributed by atoms with Crippen LogP contribution in [0.15, 0.2) is 18.2 Å². The molecular formula is C14H18FNO3. The fourth-order valence-electron chi connectivity index (χ4n) is 1.67. The summed E-state index contributed by atoms with van der Waals surface area (Å²) in [5.74, 6) is -2.18. The molecule has 5 heteroatoms. The van der Waals surface area contributed by atoms with E-state index in [1.54, 1.807) is 0 Å². The highest BCUT2D eigenvalue weighted by atomic mass is 19.1. The van der Waals surface area contributed by atoms with Gasteiger partial charge in [-0.3, -0.25) is 4.79 Å². The van der Waals surface area contributed by atoms with E-state index >= 15 is 0 Å². The van der Waals surface area contributed by atoms with Crippen LogP contribution in [0, 0.1) is 5.82 Å². The highest BCUT2D eigenvalue weighted by Gasteiger charge is 2.10. The molecule has 1 aromatic carbocycles. The topological polar surface area (TPSA) is 66.4 Å². The van der Waals surface area contributed by atoms with Gasteiger partial charge in [0, 0.05) is 6.42 Å². The fraction of sp³-hybridized carbons (Fsp3) is 0.429. The van der Waals surface area contributed by atoms with Gasteiger partial charge in [0.05, 0.1) is 11.3 Å². The number of amides is 1. The molecule has 1 aromatic rings. The zero-order chi connectivity index (χ0) is 14.3. The zero-order valence-corrected chi connectivity index (χ0v) is 10.9. The Bertz CT molecular complexity index is 460. The van der Waals surface area contributed by atoms with Gasteiger partial charge in [0.15, 0.2) is 0 Å². The summed E-state index contributed by atoms with van der Waals surface area (Å²) in [5.41, 5.74) is -0.121. The van der Waals surface area contributed by atoms with Crippen molar-refractivity contribution in [3.8, 4) is 0 Å². The lowest BCUT2D eigenvalue weighted by Crippen LogP contribution is -2.12. The second-order valence-electron chi connectivity index (χ2n) is 4.36. The largest absolute Gasteiger partial charge is 0.478 e. The molecule has 19 heavy (non-hydrogen) atoms. The number of anilines is 1. The predicted molar refractivity (Wildman–Crippen MR) is 70.7 cm³/mol. The van der Waals surface area contributed by atoms with Crippen molar-refractivity contribution in [3.05, 3.63) is 29.6 Å². The van der Waals surface area contributed by atoms with Crippen LogP contribution in [0.5, 0.6) is 0 Å². The van der Waals surface area contributed by atoms with Gasteiger partial charge in [-0.15, -0.1) is 0 Å². The number of carbonyl (C=O) groups is 2. The van der Waals surface area contributed by atoms with E-state index in [4.69, 9.17) is 5.11 Å². The van der Waals surface area contributed by atoms with Crippen LogP contribution >= 0.6 is 0 Å². The third-order valence-corrected chi connectivity index (χ3v) is 2.75. The summed E-state index contributed by atoms with van der Waals surface area (Å²) in [6, 6.07) is 3.43. The molecule has 0 saturated carbocycles. The van der Waals surface area contributed by atoms with Gasteiger partial charge in [-0.2, -0.15) is 0 Å². The molecular weight excluding hydrogens is 249 g/mol. The molecule has 1 rings (SSSR count). The van der Waals surface area contributed by atoms with Gasteiger partial charge in [-0.25, -0.2) is 9.18 Å². The molecule has 0 aromatic heterocycles. The van der Waals surface area contributed by atoms with Crippen LogP contribution in [-0.4, -0.2) is 17.0 Å². The molecule has 0 atom stereocenters. The predicted octanol–water partition coefficient (Wildman–Crippen LogP) is 3.43. The molecule has 2 N–H and O–H groups in total. The molecule has 0 fully saturated rings. The van der Waals surface area contributed by atoms with Crippen LogP contribution in [0.4, 0.5) is 10.1 Å². The first-order chi connectivity index (χ1) is 9.04. The van der Waals surface area contributed by atoms with E-state index in [1.807, 2.05) is 0 Å². The molecule has 0 spiro atoms. The Morgan fingerprint density at radius 1 is 1.26 bits per heavy atom. The average molecular weight is 267 g/mol. The second-order valence-corrected chi connectivity index (χ2v) is 4.36. The van der Waals surface area contributed by atoms with Crippen molar-refractivity contribution in [2.75, 3.05) is 5.32 Å². The summed E-state index contributed by atoms with van der Waals surface area (Å²) in [4.78, 5) is 22.2. The van der Waals surface area contributed by atoms with Crippen molar-refractivity contribution in [2.45, 2.75) is 39.0 Å². The molecule has 0 radical (unpaired) electrons. The van der Waals surface area contributed by atoms with Gasteiger partial charge in [-0.05, 0) is 24.6 Å². The Morgan fingerprint density at radius 3 is 2.58 bits per heavy atom. The first kappa shape index (κ1) is 15.1. The Morgan fingerprint density at radius 2 is 2.00 bits per heavy atom. The molecule has 0 aliphatic carbocycles. The van der Waals surface area contributed by atoms with Gasteiger partial charge in [-0.1, -0.05) is 26.2 Å². The van der Waals surface area contributed by atoms with Crippen LogP contribution in [-0.2, 0) is 4.79 Å². The maximum Gasteiger partial charge on any atom is 0.335 e. The number of halogens is 1. The van der Waals surface area contributed by atoms with Crippen LogP contribution in [0.1, 0.15) is 49.4 Å². The maximum absolute atomic E-state index is 13.5. The minimum Gasteiger partial charge on any atom is -0.478 e. The normalized spacial score (nSPS) is 10.2. The molecule has 4 nitrogen and oxygen atoms in total. The molecule has 0 heterocycles. The number of benzene rings is 1. The molecule has 1 amide bonds. The average Bonchev–Trinajstić information content (AvgIpc) is 2.37. The number of hydrogen-bond acceptors (Lipinski definition) is 2. The molecule has 0 saturated heterocycles. The first-order valence-electron chi connectivity index (χ1n) is 6.37. The van der Waals surface area contributed by atoms with E-state index in [9.17, 15) is 14.0 Å². The van der Waals surface area contributed by atoms with Crippen LogP contribution < -0.4 is 5.32 Å². The lowest BCUT2D eigenvalue weighted by atomic mass is 10.1. The quantitative estimate of drug-likeness (QED) is 0.744. The minimum atomic E-state index is -1.20. The molecule has 0 aliphatic rings. The first-order valence-corrected chi connectivity index (χ1v) is 6.37. The van der Waals surface area contributed by atoms with Crippen molar-refractivity contribution < 1.29 is 19.1 Å². The van der Waals surface area contributed by atoms with Crippen molar-refractivity contribution in [1.29, 1.82) is 0 Å². The summed E-state index contributed by atoms with van der Waals surface area (Å²) in [5, 5.41) is 11.1. The van der Waals surface area contributed by atoms with Crippen LogP contribution in [0.3, 0.4) is 0 Å². The van der Waals surface area contributed by atoms with Crippen molar-refractivity contribution in [3.63, 3.8) is 0 Å². The molecule has 0 aliphatic heterocycles. The number of carboxylic acids is 1. The van der Waals surface area contributed by atoms with Gasteiger partial charge < -0.3 is 10.4 Å². The Hall–Kier alpha value is -1.91. The second kappa shape index (κ2) is 7.51. The SMILES string of the molecule is CCCCCCC(=O)Nc1ccc(C(=O)O)cc1F. The van der Waals surface area contributed by atoms with E-state index in [0.29, 0.717) is 6.42 Å². The minimum absolute atomic E-state index is 0.0190. The number of hydrogen-bond donors (Lipinski definition) is 2. The third-order valence-electron chi connectivity index (χ3n) is 2.75. The zero-order valence-electron chi connectivity index (χ0n) is 10.9. The smallest absolute Gasteiger partial charge is 0.335 e. The van der Waals surface area contributed by atoms with Crippen molar-refractivity contribution >= 4 is 17.6 Å². The number of carbonyl (C=O) groups excluding carboxylic acids is 1. The molecule has 0 unspecified atom stereocenters. The number of rotatable bonds is 7. The van der Waals surface area contributed by atoms with E-state index in [1.165, 1.54) is 12.1 Å². The summed E-state index contributed by atoms with van der Waals surface area (Å²) in [6.45, 7) is 2.08. The number of unbranched alkanes of at least 4 members (excludes halogenated alkanes) is 3. The molecule has 0 bridgehead atoms. The van der Waals surface area contributed by atoms with E-state index in [-0.39, 0.29) is 17.2 Å². The Balaban J connectivity index is 2.52. The highest BCUT2D eigenvalue weighted by Crippen LogP contribution is 2.16. The van der Waals surface area contributed by atoms with Gasteiger partial charge in [0.25, 0.3) is 0 Å².